The molecule has 0 aromatic carbocycles. The molecule has 0 radical (unpaired) electrons. The second kappa shape index (κ2) is 8.37. The lowest BCUT2D eigenvalue weighted by atomic mass is 9.92. The Morgan fingerprint density at radius 1 is 1.25 bits per heavy atom. The smallest absolute Gasteiger partial charge is 0.255 e. The molecule has 0 atom stereocenters. The van der Waals surface area contributed by atoms with E-state index in [-0.39, 0.29) is 23.3 Å². The number of hydrogen-bond acceptors (Lipinski definition) is 6. The van der Waals surface area contributed by atoms with Crippen molar-refractivity contribution in [1.29, 1.82) is 0 Å². The monoisotopic (exact) mass is 438 g/mol. The van der Waals surface area contributed by atoms with Gasteiger partial charge in [0, 0.05) is 29.0 Å². The number of aromatic nitrogens is 5. The minimum Gasteiger partial charge on any atom is -0.361 e. The van der Waals surface area contributed by atoms with Crippen LogP contribution in [0.1, 0.15) is 74.0 Å². The Kier molecular flexibility index (Phi) is 5.75. The Labute approximate surface area is 186 Å². The van der Waals surface area contributed by atoms with Crippen LogP contribution in [-0.2, 0) is 29.5 Å². The number of amides is 1. The van der Waals surface area contributed by atoms with E-state index in [1.165, 1.54) is 4.68 Å². The number of carbonyl (C=O) groups is 1. The number of aromatic amines is 1. The topological polar surface area (TPSA) is 119 Å². The summed E-state index contributed by atoms with van der Waals surface area (Å²) in [6.07, 6.45) is 4.34. The third-order valence-corrected chi connectivity index (χ3v) is 5.91. The molecule has 1 aliphatic carbocycles. The van der Waals surface area contributed by atoms with Crippen LogP contribution in [0, 0.1) is 13.8 Å². The number of carbonyl (C=O) groups excluding carboxylic acids is 1. The van der Waals surface area contributed by atoms with Crippen molar-refractivity contribution < 1.29 is 9.32 Å². The van der Waals surface area contributed by atoms with E-state index in [0.29, 0.717) is 18.2 Å². The first-order chi connectivity index (χ1) is 15.1. The van der Waals surface area contributed by atoms with E-state index in [2.05, 4.69) is 20.6 Å². The first-order valence-electron chi connectivity index (χ1n) is 11.1. The van der Waals surface area contributed by atoms with Crippen molar-refractivity contribution >= 4 is 11.7 Å². The number of H-pyrrole nitrogens is 1. The number of fused-ring (bicyclic) bond motifs is 1. The molecule has 0 aliphatic heterocycles. The van der Waals surface area contributed by atoms with Crippen molar-refractivity contribution in [2.45, 2.75) is 78.6 Å². The van der Waals surface area contributed by atoms with Crippen LogP contribution in [0.2, 0.25) is 0 Å². The quantitative estimate of drug-likeness (QED) is 0.631. The standard InChI is InChI=1S/C23H30N6O3/c1-13-15(14(2)32-28-13)10-11-20(30)25-19-12-18(23(3,4)5)27-29(19)22-24-17-9-7-6-8-16(17)21(31)26-22/h12H,6-11H2,1-5H3,(H,25,30)(H,24,26,31). The summed E-state index contributed by atoms with van der Waals surface area (Å²) in [7, 11) is 0. The molecule has 0 saturated carbocycles. The summed E-state index contributed by atoms with van der Waals surface area (Å²) in [5.41, 5.74) is 3.74. The summed E-state index contributed by atoms with van der Waals surface area (Å²) >= 11 is 0. The molecular weight excluding hydrogens is 408 g/mol. The molecule has 0 saturated heterocycles. The molecule has 3 aromatic rings. The van der Waals surface area contributed by atoms with E-state index in [1.54, 1.807) is 0 Å². The number of aryl methyl sites for hydroxylation is 3. The van der Waals surface area contributed by atoms with E-state index in [1.807, 2.05) is 40.7 Å². The fourth-order valence-electron chi connectivity index (χ4n) is 3.99. The highest BCUT2D eigenvalue weighted by Crippen LogP contribution is 2.26. The molecular formula is C23H30N6O3. The Morgan fingerprint density at radius 2 is 2.00 bits per heavy atom. The maximum Gasteiger partial charge on any atom is 0.255 e. The fourth-order valence-corrected chi connectivity index (χ4v) is 3.99. The highest BCUT2D eigenvalue weighted by Gasteiger charge is 2.24. The van der Waals surface area contributed by atoms with Crippen molar-refractivity contribution in [3.8, 4) is 5.95 Å². The highest BCUT2D eigenvalue weighted by molar-refractivity contribution is 5.90. The minimum absolute atomic E-state index is 0.131. The summed E-state index contributed by atoms with van der Waals surface area (Å²) in [5, 5.41) is 11.6. The van der Waals surface area contributed by atoms with Gasteiger partial charge in [0.1, 0.15) is 11.6 Å². The Bertz CT molecular complexity index is 1190. The normalized spacial score (nSPS) is 13.8. The number of nitrogens with zero attached hydrogens (tertiary/aromatic N) is 4. The van der Waals surface area contributed by atoms with Crippen LogP contribution in [0.25, 0.3) is 5.95 Å². The SMILES string of the molecule is Cc1noc(C)c1CCC(=O)Nc1cc(C(C)(C)C)nn1-c1nc2c(c(=O)[nH]1)CCCC2. The highest BCUT2D eigenvalue weighted by atomic mass is 16.5. The van der Waals surface area contributed by atoms with E-state index in [4.69, 9.17) is 9.51 Å². The second-order valence-corrected chi connectivity index (χ2v) is 9.45. The zero-order valence-corrected chi connectivity index (χ0v) is 19.3. The summed E-state index contributed by atoms with van der Waals surface area (Å²) < 4.78 is 6.71. The van der Waals surface area contributed by atoms with Crippen molar-refractivity contribution in [3.05, 3.63) is 50.4 Å². The maximum atomic E-state index is 12.8. The van der Waals surface area contributed by atoms with E-state index >= 15 is 0 Å². The average molecular weight is 439 g/mol. The van der Waals surface area contributed by atoms with Gasteiger partial charge in [0.05, 0.1) is 17.1 Å². The van der Waals surface area contributed by atoms with Crippen LogP contribution in [-0.4, -0.2) is 30.8 Å². The Morgan fingerprint density at radius 3 is 2.69 bits per heavy atom. The molecule has 0 unspecified atom stereocenters. The van der Waals surface area contributed by atoms with Crippen LogP contribution in [0.3, 0.4) is 0 Å². The third kappa shape index (κ3) is 4.37. The average Bonchev–Trinajstić information content (AvgIpc) is 3.30. The van der Waals surface area contributed by atoms with E-state index in [9.17, 15) is 9.59 Å². The van der Waals surface area contributed by atoms with Gasteiger partial charge in [-0.05, 0) is 46.0 Å². The molecule has 3 heterocycles. The van der Waals surface area contributed by atoms with Crippen molar-refractivity contribution in [2.75, 3.05) is 5.32 Å². The molecule has 32 heavy (non-hydrogen) atoms. The lowest BCUT2D eigenvalue weighted by Gasteiger charge is -2.16. The van der Waals surface area contributed by atoms with Crippen molar-refractivity contribution in [2.24, 2.45) is 0 Å². The largest absolute Gasteiger partial charge is 0.361 e. The van der Waals surface area contributed by atoms with Gasteiger partial charge in [-0.1, -0.05) is 25.9 Å². The molecule has 2 N–H and O–H groups in total. The summed E-state index contributed by atoms with van der Waals surface area (Å²) in [6, 6.07) is 1.84. The van der Waals surface area contributed by atoms with Crippen LogP contribution < -0.4 is 10.9 Å². The van der Waals surface area contributed by atoms with E-state index in [0.717, 1.165) is 59.7 Å². The first-order valence-corrected chi connectivity index (χ1v) is 11.1. The number of rotatable bonds is 5. The van der Waals surface area contributed by atoms with Gasteiger partial charge in [0.15, 0.2) is 0 Å². The van der Waals surface area contributed by atoms with E-state index < -0.39 is 0 Å². The molecule has 4 rings (SSSR count). The third-order valence-electron chi connectivity index (χ3n) is 5.91. The molecule has 170 valence electrons. The predicted molar refractivity (Wildman–Crippen MR) is 120 cm³/mol. The molecule has 0 fully saturated rings. The Hall–Kier alpha value is -3.23. The molecule has 0 bridgehead atoms. The number of hydrogen-bond donors (Lipinski definition) is 2. The zero-order valence-electron chi connectivity index (χ0n) is 19.3. The predicted octanol–water partition coefficient (Wildman–Crippen LogP) is 3.31. The Balaban J connectivity index is 1.64. The van der Waals surface area contributed by atoms with Gasteiger partial charge < -0.3 is 9.84 Å². The van der Waals surface area contributed by atoms with Gasteiger partial charge in [-0.3, -0.25) is 14.6 Å². The van der Waals surface area contributed by atoms with Gasteiger partial charge in [-0.2, -0.15) is 9.78 Å². The number of nitrogens with one attached hydrogen (secondary N) is 2. The fraction of sp³-hybridized carbons (Fsp3) is 0.522. The lowest BCUT2D eigenvalue weighted by molar-refractivity contribution is -0.116. The second-order valence-electron chi connectivity index (χ2n) is 9.45. The minimum atomic E-state index is -0.240. The van der Waals surface area contributed by atoms with Gasteiger partial charge in [-0.25, -0.2) is 4.98 Å². The molecule has 9 nitrogen and oxygen atoms in total. The maximum absolute atomic E-state index is 12.8. The van der Waals surface area contributed by atoms with Gasteiger partial charge in [-0.15, -0.1) is 0 Å². The van der Waals surface area contributed by atoms with Crippen LogP contribution in [0.4, 0.5) is 5.82 Å². The molecule has 3 aromatic heterocycles. The summed E-state index contributed by atoms with van der Waals surface area (Å²) in [4.78, 5) is 33.0. The summed E-state index contributed by atoms with van der Waals surface area (Å²) in [5.74, 6) is 1.38. The first kappa shape index (κ1) is 22.0. The van der Waals surface area contributed by atoms with Gasteiger partial charge in [0.25, 0.3) is 5.56 Å². The lowest BCUT2D eigenvalue weighted by Crippen LogP contribution is -2.25. The molecule has 9 heteroatoms. The zero-order chi connectivity index (χ0) is 23.0. The van der Waals surface area contributed by atoms with Crippen LogP contribution in [0.15, 0.2) is 15.4 Å². The molecule has 1 aliphatic rings. The van der Waals surface area contributed by atoms with Crippen LogP contribution in [0.5, 0.6) is 0 Å². The van der Waals surface area contributed by atoms with Crippen molar-refractivity contribution in [1.82, 2.24) is 24.9 Å². The van der Waals surface area contributed by atoms with Crippen LogP contribution >= 0.6 is 0 Å². The number of anilines is 1. The molecule has 1 amide bonds. The van der Waals surface area contributed by atoms with Gasteiger partial charge in [0.2, 0.25) is 11.9 Å². The summed E-state index contributed by atoms with van der Waals surface area (Å²) in [6.45, 7) is 9.85. The molecule has 0 spiro atoms. The van der Waals surface area contributed by atoms with Crippen molar-refractivity contribution in [3.63, 3.8) is 0 Å². The van der Waals surface area contributed by atoms with Gasteiger partial charge >= 0.3 is 0 Å².